The fourth-order valence-corrected chi connectivity index (χ4v) is 3.54. The summed E-state index contributed by atoms with van der Waals surface area (Å²) >= 11 is 0. The third kappa shape index (κ3) is 3.05. The lowest BCUT2D eigenvalue weighted by Gasteiger charge is -2.17. The molecule has 0 atom stereocenters. The maximum absolute atomic E-state index is 12.5. The second-order valence-corrected chi connectivity index (χ2v) is 7.25. The molecular formula is C21H24N2O3. The molecule has 2 amide bonds. The number of hydrogen-bond acceptors (Lipinski definition) is 3. The molecule has 0 unspecified atom stereocenters. The van der Waals surface area contributed by atoms with E-state index in [1.165, 1.54) is 0 Å². The second-order valence-electron chi connectivity index (χ2n) is 7.25. The van der Waals surface area contributed by atoms with Crippen molar-refractivity contribution in [3.63, 3.8) is 0 Å². The largest absolute Gasteiger partial charge is 0.497 e. The first kappa shape index (κ1) is 18.0. The number of rotatable bonds is 4. The van der Waals surface area contributed by atoms with Crippen molar-refractivity contribution in [2.45, 2.75) is 32.6 Å². The van der Waals surface area contributed by atoms with Crippen molar-refractivity contribution in [1.29, 1.82) is 0 Å². The van der Waals surface area contributed by atoms with E-state index >= 15 is 0 Å². The zero-order valence-corrected chi connectivity index (χ0v) is 15.8. The summed E-state index contributed by atoms with van der Waals surface area (Å²) in [6.45, 7) is 5.79. The first-order chi connectivity index (χ1) is 12.2. The van der Waals surface area contributed by atoms with E-state index in [0.717, 1.165) is 33.8 Å². The van der Waals surface area contributed by atoms with Crippen molar-refractivity contribution in [3.05, 3.63) is 53.1 Å². The zero-order valence-electron chi connectivity index (χ0n) is 15.8. The second kappa shape index (κ2) is 6.48. The van der Waals surface area contributed by atoms with E-state index in [4.69, 9.17) is 4.74 Å². The van der Waals surface area contributed by atoms with E-state index in [0.29, 0.717) is 0 Å². The first-order valence-corrected chi connectivity index (χ1v) is 8.60. The van der Waals surface area contributed by atoms with Gasteiger partial charge in [-0.2, -0.15) is 0 Å². The van der Waals surface area contributed by atoms with Crippen LogP contribution in [0, 0.1) is 6.92 Å². The fourth-order valence-electron chi connectivity index (χ4n) is 3.54. The molecule has 5 nitrogen and oxygen atoms in total. The highest BCUT2D eigenvalue weighted by Crippen LogP contribution is 2.44. The van der Waals surface area contributed by atoms with E-state index in [9.17, 15) is 9.59 Å². The van der Waals surface area contributed by atoms with Crippen LogP contribution in [-0.4, -0.2) is 26.0 Å². The topological polar surface area (TPSA) is 58.6 Å². The number of benzene rings is 2. The highest BCUT2D eigenvalue weighted by atomic mass is 16.5. The molecule has 0 saturated carbocycles. The normalized spacial score (nSPS) is 15.0. The Morgan fingerprint density at radius 2 is 1.85 bits per heavy atom. The lowest BCUT2D eigenvalue weighted by atomic mass is 9.85. The van der Waals surface area contributed by atoms with E-state index in [1.54, 1.807) is 19.1 Å². The summed E-state index contributed by atoms with van der Waals surface area (Å²) in [4.78, 5) is 26.6. The number of carbonyl (C=O) groups excluding carboxylic acids is 2. The van der Waals surface area contributed by atoms with Crippen LogP contribution >= 0.6 is 0 Å². The van der Waals surface area contributed by atoms with Crippen molar-refractivity contribution in [3.8, 4) is 5.75 Å². The number of anilines is 2. The van der Waals surface area contributed by atoms with Gasteiger partial charge < -0.3 is 15.0 Å². The molecule has 5 heteroatoms. The molecule has 0 aliphatic carbocycles. The van der Waals surface area contributed by atoms with Crippen LogP contribution in [0.25, 0.3) is 0 Å². The summed E-state index contributed by atoms with van der Waals surface area (Å²) in [7, 11) is 3.41. The fraction of sp³-hybridized carbons (Fsp3) is 0.333. The smallest absolute Gasteiger partial charge is 0.236 e. The molecule has 0 radical (unpaired) electrons. The van der Waals surface area contributed by atoms with Crippen LogP contribution in [0.4, 0.5) is 11.4 Å². The molecule has 0 saturated heterocycles. The van der Waals surface area contributed by atoms with Crippen LogP contribution in [0.1, 0.15) is 30.5 Å². The number of fused-ring (bicyclic) bond motifs is 1. The Morgan fingerprint density at radius 3 is 2.46 bits per heavy atom. The van der Waals surface area contributed by atoms with E-state index in [-0.39, 0.29) is 18.2 Å². The summed E-state index contributed by atoms with van der Waals surface area (Å²) in [5.41, 5.74) is 3.90. The predicted octanol–water partition coefficient (Wildman–Crippen LogP) is 3.44. The van der Waals surface area contributed by atoms with Crippen LogP contribution in [0.15, 0.2) is 36.4 Å². The number of methoxy groups -OCH3 is 1. The van der Waals surface area contributed by atoms with E-state index in [2.05, 4.69) is 5.32 Å². The van der Waals surface area contributed by atoms with E-state index in [1.807, 2.05) is 57.2 Å². The average Bonchev–Trinajstić information content (AvgIpc) is 2.76. The molecule has 3 rings (SSSR count). The van der Waals surface area contributed by atoms with Gasteiger partial charge in [0.25, 0.3) is 0 Å². The van der Waals surface area contributed by atoms with Gasteiger partial charge in [0.2, 0.25) is 11.8 Å². The van der Waals surface area contributed by atoms with Gasteiger partial charge in [-0.3, -0.25) is 9.59 Å². The van der Waals surface area contributed by atoms with Gasteiger partial charge in [-0.15, -0.1) is 0 Å². The van der Waals surface area contributed by atoms with Crippen molar-refractivity contribution in [2.75, 3.05) is 24.4 Å². The van der Waals surface area contributed by atoms with Crippen molar-refractivity contribution >= 4 is 23.2 Å². The Balaban J connectivity index is 1.80. The molecule has 0 spiro atoms. The predicted molar refractivity (Wildman–Crippen MR) is 103 cm³/mol. The lowest BCUT2D eigenvalue weighted by molar-refractivity contribution is -0.121. The number of ether oxygens (including phenoxy) is 1. The molecule has 2 aromatic rings. The lowest BCUT2D eigenvalue weighted by Crippen LogP contribution is -2.33. The minimum atomic E-state index is -0.592. The molecule has 136 valence electrons. The minimum Gasteiger partial charge on any atom is -0.497 e. The molecule has 1 aliphatic rings. The van der Waals surface area contributed by atoms with Gasteiger partial charge in [-0.05, 0) is 61.7 Å². The van der Waals surface area contributed by atoms with Crippen molar-refractivity contribution in [2.24, 2.45) is 0 Å². The van der Waals surface area contributed by atoms with Crippen molar-refractivity contribution < 1.29 is 14.3 Å². The zero-order chi connectivity index (χ0) is 19.1. The molecule has 2 aromatic carbocycles. The summed E-state index contributed by atoms with van der Waals surface area (Å²) < 4.78 is 5.13. The molecule has 1 N–H and O–H groups in total. The van der Waals surface area contributed by atoms with Crippen LogP contribution in [0.2, 0.25) is 0 Å². The molecule has 26 heavy (non-hydrogen) atoms. The average molecular weight is 352 g/mol. The molecular weight excluding hydrogens is 328 g/mol. The Labute approximate surface area is 154 Å². The minimum absolute atomic E-state index is 0.0670. The van der Waals surface area contributed by atoms with Crippen LogP contribution in [0.3, 0.4) is 0 Å². The standard InChI is InChI=1S/C21H24N2O3/c1-13-10-15(12-17-19(13)23(4)20(25)21(17,2)3)22-18(24)11-14-6-8-16(26-5)9-7-14/h6-10,12H,11H2,1-5H3,(H,22,24). The third-order valence-electron chi connectivity index (χ3n) is 4.96. The monoisotopic (exact) mass is 352 g/mol. The summed E-state index contributed by atoms with van der Waals surface area (Å²) in [5.74, 6) is 0.738. The Bertz CT molecular complexity index is 870. The number of aryl methyl sites for hydroxylation is 1. The number of hydrogen-bond donors (Lipinski definition) is 1. The van der Waals surface area contributed by atoms with Gasteiger partial charge in [0, 0.05) is 12.7 Å². The molecule has 0 fully saturated rings. The van der Waals surface area contributed by atoms with Gasteiger partial charge in [0.1, 0.15) is 5.75 Å². The Morgan fingerprint density at radius 1 is 1.19 bits per heavy atom. The van der Waals surface area contributed by atoms with Crippen molar-refractivity contribution in [1.82, 2.24) is 0 Å². The van der Waals surface area contributed by atoms with Crippen LogP contribution in [-0.2, 0) is 21.4 Å². The van der Waals surface area contributed by atoms with Crippen LogP contribution in [0.5, 0.6) is 5.75 Å². The van der Waals surface area contributed by atoms with E-state index < -0.39 is 5.41 Å². The number of nitrogens with one attached hydrogen (secondary N) is 1. The van der Waals surface area contributed by atoms with Gasteiger partial charge in [0.05, 0.1) is 24.6 Å². The Kier molecular flexibility index (Phi) is 4.48. The number of carbonyl (C=O) groups is 2. The molecule has 0 bridgehead atoms. The van der Waals surface area contributed by atoms with Gasteiger partial charge in [-0.25, -0.2) is 0 Å². The summed E-state index contributed by atoms with van der Waals surface area (Å²) in [5, 5.41) is 2.96. The molecule has 1 heterocycles. The Hall–Kier alpha value is -2.82. The van der Waals surface area contributed by atoms with Crippen LogP contribution < -0.4 is 15.0 Å². The first-order valence-electron chi connectivity index (χ1n) is 8.60. The van der Waals surface area contributed by atoms with Gasteiger partial charge in [0.15, 0.2) is 0 Å². The summed E-state index contributed by atoms with van der Waals surface area (Å²) in [6.07, 6.45) is 0.280. The molecule has 0 aromatic heterocycles. The quantitative estimate of drug-likeness (QED) is 0.917. The molecule has 1 aliphatic heterocycles. The number of nitrogens with zero attached hydrogens (tertiary/aromatic N) is 1. The SMILES string of the molecule is COc1ccc(CC(=O)Nc2cc(C)c3c(c2)C(C)(C)C(=O)N3C)cc1. The third-order valence-corrected chi connectivity index (χ3v) is 4.96. The number of likely N-dealkylation sites (N-methyl/N-ethyl adjacent to an activating group) is 1. The summed E-state index contributed by atoms with van der Waals surface area (Å²) in [6, 6.07) is 11.3. The maximum atomic E-state index is 12.5. The highest BCUT2D eigenvalue weighted by Gasteiger charge is 2.43. The van der Waals surface area contributed by atoms with Gasteiger partial charge in [-0.1, -0.05) is 12.1 Å². The van der Waals surface area contributed by atoms with Gasteiger partial charge >= 0.3 is 0 Å². The maximum Gasteiger partial charge on any atom is 0.236 e. The highest BCUT2D eigenvalue weighted by molar-refractivity contribution is 6.08. The number of amides is 2.